The molecule has 0 radical (unpaired) electrons. The maximum atomic E-state index is 10.8. The van der Waals surface area contributed by atoms with Crippen LogP contribution in [-0.4, -0.2) is 28.3 Å². The van der Waals surface area contributed by atoms with E-state index in [4.69, 9.17) is 9.63 Å². The van der Waals surface area contributed by atoms with Gasteiger partial charge < -0.3 is 14.5 Å². The molecule has 0 unspecified atom stereocenters. The Hall–Kier alpha value is -2.37. The lowest BCUT2D eigenvalue weighted by Gasteiger charge is -2.16. The molecule has 2 aromatic rings. The van der Waals surface area contributed by atoms with Gasteiger partial charge in [-0.1, -0.05) is 11.2 Å². The number of nitrogens with zero attached hydrogens (tertiary/aromatic N) is 3. The predicted octanol–water partition coefficient (Wildman–Crippen LogP) is 1.71. The zero-order valence-electron chi connectivity index (χ0n) is 10.1. The van der Waals surface area contributed by atoms with Crippen LogP contribution in [0.5, 0.6) is 0 Å². The van der Waals surface area contributed by atoms with E-state index in [2.05, 4.69) is 10.1 Å². The van der Waals surface area contributed by atoms with Crippen LogP contribution in [-0.2, 0) is 6.54 Å². The van der Waals surface area contributed by atoms with E-state index in [1.54, 1.807) is 12.1 Å². The van der Waals surface area contributed by atoms with E-state index in [1.807, 2.05) is 24.9 Å². The quantitative estimate of drug-likeness (QED) is 0.886. The van der Waals surface area contributed by atoms with Crippen LogP contribution in [0, 0.1) is 6.92 Å². The lowest BCUT2D eigenvalue weighted by atomic mass is 10.3. The molecule has 2 rings (SSSR count). The van der Waals surface area contributed by atoms with Crippen molar-refractivity contribution < 1.29 is 14.4 Å². The van der Waals surface area contributed by atoms with Crippen molar-refractivity contribution >= 4 is 11.8 Å². The highest BCUT2D eigenvalue weighted by Crippen LogP contribution is 2.13. The van der Waals surface area contributed by atoms with Crippen molar-refractivity contribution in [2.45, 2.75) is 13.5 Å². The molecule has 6 heteroatoms. The molecule has 94 valence electrons. The highest BCUT2D eigenvalue weighted by molar-refractivity contribution is 5.85. The van der Waals surface area contributed by atoms with E-state index in [9.17, 15) is 4.79 Å². The number of aromatic nitrogens is 2. The minimum absolute atomic E-state index is 0.0238. The van der Waals surface area contributed by atoms with Gasteiger partial charge in [0.15, 0.2) is 5.69 Å². The second-order valence-corrected chi connectivity index (χ2v) is 3.97. The normalized spacial score (nSPS) is 10.3. The second kappa shape index (κ2) is 4.87. The van der Waals surface area contributed by atoms with Crippen LogP contribution >= 0.6 is 0 Å². The van der Waals surface area contributed by atoms with Crippen molar-refractivity contribution in [3.8, 4) is 0 Å². The van der Waals surface area contributed by atoms with Crippen LogP contribution in [0.3, 0.4) is 0 Å². The van der Waals surface area contributed by atoms with Crippen molar-refractivity contribution in [3.63, 3.8) is 0 Å². The highest BCUT2D eigenvalue weighted by Gasteiger charge is 2.10. The number of carboxylic acid groups (broad SMARTS) is 1. The lowest BCUT2D eigenvalue weighted by Crippen LogP contribution is -2.18. The molecule has 0 aliphatic carbocycles. The average Bonchev–Trinajstić information content (AvgIpc) is 2.75. The van der Waals surface area contributed by atoms with Crippen LogP contribution < -0.4 is 4.90 Å². The number of hydrogen-bond acceptors (Lipinski definition) is 5. The summed E-state index contributed by atoms with van der Waals surface area (Å²) < 4.78 is 4.97. The fraction of sp³-hybridized carbons (Fsp3) is 0.250. The number of pyridine rings is 1. The first-order valence-electron chi connectivity index (χ1n) is 5.40. The summed E-state index contributed by atoms with van der Waals surface area (Å²) in [7, 11) is 1.82. The van der Waals surface area contributed by atoms with Crippen LogP contribution in [0.2, 0.25) is 0 Å². The predicted molar refractivity (Wildman–Crippen MR) is 64.5 cm³/mol. The summed E-state index contributed by atoms with van der Waals surface area (Å²) in [6.45, 7) is 2.33. The van der Waals surface area contributed by atoms with Gasteiger partial charge in [-0.25, -0.2) is 9.78 Å². The molecule has 6 nitrogen and oxygen atoms in total. The van der Waals surface area contributed by atoms with E-state index in [1.165, 1.54) is 6.07 Å². The van der Waals surface area contributed by atoms with Gasteiger partial charge in [0.2, 0.25) is 0 Å². The first kappa shape index (κ1) is 12.1. The summed E-state index contributed by atoms with van der Waals surface area (Å²) >= 11 is 0. The number of anilines is 1. The molecule has 2 aromatic heterocycles. The summed E-state index contributed by atoms with van der Waals surface area (Å²) in [5, 5.41) is 12.8. The Morgan fingerprint density at radius 3 is 2.89 bits per heavy atom. The summed E-state index contributed by atoms with van der Waals surface area (Å²) in [6, 6.07) is 6.70. The number of rotatable bonds is 4. The third-order valence-electron chi connectivity index (χ3n) is 2.42. The monoisotopic (exact) mass is 247 g/mol. The first-order valence-corrected chi connectivity index (χ1v) is 5.40. The SMILES string of the molecule is Cc1cc(CN(C)c2cccc(C(=O)O)n2)no1. The van der Waals surface area contributed by atoms with Crippen LogP contribution in [0.1, 0.15) is 21.9 Å². The molecule has 0 atom stereocenters. The third kappa shape index (κ3) is 2.65. The molecule has 0 spiro atoms. The van der Waals surface area contributed by atoms with Crippen LogP contribution in [0.25, 0.3) is 0 Å². The van der Waals surface area contributed by atoms with Gasteiger partial charge in [0.25, 0.3) is 0 Å². The van der Waals surface area contributed by atoms with Crippen molar-refractivity contribution in [1.82, 2.24) is 10.1 Å². The molecule has 1 N–H and O–H groups in total. The minimum atomic E-state index is -1.04. The standard InChI is InChI=1S/C12H13N3O3/c1-8-6-9(14-18-8)7-15(2)11-5-3-4-10(13-11)12(16)17/h3-6H,7H2,1-2H3,(H,16,17). The Morgan fingerprint density at radius 2 is 2.28 bits per heavy atom. The molecule has 0 aliphatic rings. The molecule has 0 aliphatic heterocycles. The summed E-state index contributed by atoms with van der Waals surface area (Å²) in [4.78, 5) is 16.7. The van der Waals surface area contributed by atoms with Gasteiger partial charge in [0.1, 0.15) is 17.3 Å². The maximum Gasteiger partial charge on any atom is 0.354 e. The number of carbonyl (C=O) groups is 1. The molecule has 0 amide bonds. The Morgan fingerprint density at radius 1 is 1.50 bits per heavy atom. The highest BCUT2D eigenvalue weighted by atomic mass is 16.5. The van der Waals surface area contributed by atoms with Gasteiger partial charge in [0, 0.05) is 13.1 Å². The van der Waals surface area contributed by atoms with Crippen molar-refractivity contribution in [2.75, 3.05) is 11.9 Å². The number of aromatic carboxylic acids is 1. The Bertz CT molecular complexity index is 565. The molecule has 2 heterocycles. The first-order chi connectivity index (χ1) is 8.56. The minimum Gasteiger partial charge on any atom is -0.477 e. The van der Waals surface area contributed by atoms with Gasteiger partial charge in [-0.2, -0.15) is 0 Å². The molecular formula is C12H13N3O3. The Kier molecular flexibility index (Phi) is 3.27. The van der Waals surface area contributed by atoms with Gasteiger partial charge in [-0.3, -0.25) is 0 Å². The van der Waals surface area contributed by atoms with Gasteiger partial charge in [-0.15, -0.1) is 0 Å². The lowest BCUT2D eigenvalue weighted by molar-refractivity contribution is 0.0690. The Labute approximate surface area is 104 Å². The van der Waals surface area contributed by atoms with E-state index in [0.717, 1.165) is 11.5 Å². The van der Waals surface area contributed by atoms with Crippen LogP contribution in [0.4, 0.5) is 5.82 Å². The zero-order chi connectivity index (χ0) is 13.1. The maximum absolute atomic E-state index is 10.8. The van der Waals surface area contributed by atoms with Crippen LogP contribution in [0.15, 0.2) is 28.8 Å². The molecule has 18 heavy (non-hydrogen) atoms. The smallest absolute Gasteiger partial charge is 0.354 e. The molecule has 0 saturated heterocycles. The van der Waals surface area contributed by atoms with Crippen molar-refractivity contribution in [2.24, 2.45) is 0 Å². The van der Waals surface area contributed by atoms with E-state index < -0.39 is 5.97 Å². The van der Waals surface area contributed by atoms with E-state index in [0.29, 0.717) is 12.4 Å². The van der Waals surface area contributed by atoms with Crippen molar-refractivity contribution in [3.05, 3.63) is 41.4 Å². The second-order valence-electron chi connectivity index (χ2n) is 3.97. The number of carboxylic acids is 1. The number of hydrogen-bond donors (Lipinski definition) is 1. The number of aryl methyl sites for hydroxylation is 1. The summed E-state index contributed by atoms with van der Waals surface area (Å²) in [5.74, 6) is 0.281. The van der Waals surface area contributed by atoms with E-state index >= 15 is 0 Å². The Balaban J connectivity index is 2.15. The zero-order valence-corrected chi connectivity index (χ0v) is 10.1. The molecule has 0 fully saturated rings. The molecule has 0 saturated carbocycles. The van der Waals surface area contributed by atoms with Gasteiger partial charge in [-0.05, 0) is 19.1 Å². The molecule has 0 aromatic carbocycles. The van der Waals surface area contributed by atoms with Gasteiger partial charge in [0.05, 0.1) is 6.54 Å². The van der Waals surface area contributed by atoms with Gasteiger partial charge >= 0.3 is 5.97 Å². The fourth-order valence-electron chi connectivity index (χ4n) is 1.57. The van der Waals surface area contributed by atoms with Crippen molar-refractivity contribution in [1.29, 1.82) is 0 Å². The molecular weight excluding hydrogens is 234 g/mol. The summed E-state index contributed by atoms with van der Waals surface area (Å²) in [5.41, 5.74) is 0.799. The van der Waals surface area contributed by atoms with E-state index in [-0.39, 0.29) is 5.69 Å². The molecule has 0 bridgehead atoms. The average molecular weight is 247 g/mol. The largest absolute Gasteiger partial charge is 0.477 e. The summed E-state index contributed by atoms with van der Waals surface area (Å²) in [6.07, 6.45) is 0. The fourth-order valence-corrected chi connectivity index (χ4v) is 1.57. The third-order valence-corrected chi connectivity index (χ3v) is 2.42. The topological polar surface area (TPSA) is 79.5 Å².